The Morgan fingerprint density at radius 1 is 1.38 bits per heavy atom. The first-order valence-electron chi connectivity index (χ1n) is 9.06. The number of esters is 1. The molecule has 3 rings (SSSR count). The van der Waals surface area contributed by atoms with E-state index in [0.29, 0.717) is 37.7 Å². The van der Waals surface area contributed by atoms with Crippen LogP contribution in [-0.2, 0) is 19.1 Å². The number of rotatable bonds is 7. The molecule has 0 unspecified atom stereocenters. The second kappa shape index (κ2) is 8.88. The summed E-state index contributed by atoms with van der Waals surface area (Å²) in [6.45, 7) is 1.85. The van der Waals surface area contributed by atoms with Gasteiger partial charge in [0, 0.05) is 31.4 Å². The molecule has 1 aromatic carbocycles. The number of nitro groups is 1. The zero-order chi connectivity index (χ0) is 21.0. The number of hydrogen-bond donors (Lipinski definition) is 2. The zero-order valence-corrected chi connectivity index (χ0v) is 15.9. The molecule has 2 heterocycles. The van der Waals surface area contributed by atoms with Gasteiger partial charge >= 0.3 is 5.97 Å². The predicted molar refractivity (Wildman–Crippen MR) is 102 cm³/mol. The molecule has 0 saturated carbocycles. The standard InChI is InChI=1S/C18H22N4O7/c1-28-18(25)13-11-21(4-7-23)17(24)16(13)19-12-2-3-14(15(10-12)22(26)27)20-5-8-29-9-6-20/h2-3,10,19,23H,4-9,11H2,1H3. The van der Waals surface area contributed by atoms with Gasteiger partial charge in [-0.1, -0.05) is 0 Å². The van der Waals surface area contributed by atoms with Crippen LogP contribution < -0.4 is 10.2 Å². The minimum atomic E-state index is -0.680. The number of ether oxygens (including phenoxy) is 2. The number of β-amino-alcohol motifs (C(OH)–C–C–N with tert-alkyl or cyclic N) is 1. The fourth-order valence-corrected chi connectivity index (χ4v) is 3.31. The Morgan fingerprint density at radius 2 is 2.10 bits per heavy atom. The normalized spacial score (nSPS) is 17.0. The van der Waals surface area contributed by atoms with Crippen LogP contribution in [0.5, 0.6) is 0 Å². The third-order valence-electron chi connectivity index (χ3n) is 4.75. The van der Waals surface area contributed by atoms with E-state index in [0.717, 1.165) is 0 Å². The summed E-state index contributed by atoms with van der Waals surface area (Å²) in [5, 5.41) is 23.5. The van der Waals surface area contributed by atoms with Gasteiger partial charge in [-0.25, -0.2) is 4.79 Å². The Labute approximate surface area is 166 Å². The van der Waals surface area contributed by atoms with Gasteiger partial charge in [0.25, 0.3) is 11.6 Å². The van der Waals surface area contributed by atoms with E-state index in [1.54, 1.807) is 12.1 Å². The molecule has 0 radical (unpaired) electrons. The van der Waals surface area contributed by atoms with E-state index in [1.807, 2.05) is 4.90 Å². The van der Waals surface area contributed by atoms with Crippen molar-refractivity contribution in [1.82, 2.24) is 4.90 Å². The predicted octanol–water partition coefficient (Wildman–Crippen LogP) is 0.105. The Hall–Kier alpha value is -3.18. The number of nitro benzene ring substituents is 1. The summed E-state index contributed by atoms with van der Waals surface area (Å²) in [4.78, 5) is 38.9. The lowest BCUT2D eigenvalue weighted by Gasteiger charge is -2.28. The van der Waals surface area contributed by atoms with Gasteiger partial charge in [0.2, 0.25) is 0 Å². The average Bonchev–Trinajstić information content (AvgIpc) is 3.04. The number of hydrogen-bond acceptors (Lipinski definition) is 9. The zero-order valence-electron chi connectivity index (χ0n) is 15.9. The Bertz CT molecular complexity index is 849. The van der Waals surface area contributed by atoms with Crippen molar-refractivity contribution in [2.24, 2.45) is 0 Å². The number of carbonyl (C=O) groups excluding carboxylic acids is 2. The molecule has 0 bridgehead atoms. The van der Waals surface area contributed by atoms with Crippen LogP contribution >= 0.6 is 0 Å². The average molecular weight is 406 g/mol. The SMILES string of the molecule is COC(=O)C1=C(Nc2ccc(N3CCOCC3)c([N+](=O)[O-])c2)C(=O)N(CCO)C1. The van der Waals surface area contributed by atoms with E-state index in [-0.39, 0.29) is 36.7 Å². The number of aliphatic hydroxyl groups excluding tert-OH is 1. The molecule has 0 atom stereocenters. The van der Waals surface area contributed by atoms with Crippen molar-refractivity contribution < 1.29 is 29.1 Å². The highest BCUT2D eigenvalue weighted by Gasteiger charge is 2.34. The number of aliphatic hydroxyl groups is 1. The van der Waals surface area contributed by atoms with Crippen molar-refractivity contribution in [3.05, 3.63) is 39.6 Å². The molecule has 0 aliphatic carbocycles. The summed E-state index contributed by atoms with van der Waals surface area (Å²) in [7, 11) is 1.20. The third kappa shape index (κ3) is 4.30. The fraction of sp³-hybridized carbons (Fsp3) is 0.444. The largest absolute Gasteiger partial charge is 0.466 e. The van der Waals surface area contributed by atoms with E-state index >= 15 is 0 Å². The van der Waals surface area contributed by atoms with E-state index in [2.05, 4.69) is 5.32 Å². The van der Waals surface area contributed by atoms with Crippen LogP contribution in [0, 0.1) is 10.1 Å². The molecule has 2 N–H and O–H groups in total. The molecule has 2 aliphatic heterocycles. The van der Waals surface area contributed by atoms with Crippen molar-refractivity contribution in [1.29, 1.82) is 0 Å². The monoisotopic (exact) mass is 406 g/mol. The van der Waals surface area contributed by atoms with Gasteiger partial charge in [0.15, 0.2) is 0 Å². The number of morpholine rings is 1. The molecule has 11 nitrogen and oxygen atoms in total. The van der Waals surface area contributed by atoms with Gasteiger partial charge in [0.05, 0.1) is 44.0 Å². The maximum Gasteiger partial charge on any atom is 0.337 e. The van der Waals surface area contributed by atoms with Gasteiger partial charge in [-0.2, -0.15) is 0 Å². The Morgan fingerprint density at radius 3 is 2.72 bits per heavy atom. The maximum absolute atomic E-state index is 12.6. The first-order valence-corrected chi connectivity index (χ1v) is 9.06. The van der Waals surface area contributed by atoms with Crippen molar-refractivity contribution in [3.63, 3.8) is 0 Å². The van der Waals surface area contributed by atoms with Crippen molar-refractivity contribution >= 4 is 28.9 Å². The molecule has 0 aromatic heterocycles. The van der Waals surface area contributed by atoms with Crippen LogP contribution in [0.25, 0.3) is 0 Å². The van der Waals surface area contributed by atoms with E-state index in [9.17, 15) is 19.7 Å². The van der Waals surface area contributed by atoms with Crippen LogP contribution in [0.15, 0.2) is 29.5 Å². The molecule has 2 aliphatic rings. The van der Waals surface area contributed by atoms with Crippen LogP contribution in [-0.4, -0.2) is 79.9 Å². The summed E-state index contributed by atoms with van der Waals surface area (Å²) in [5.74, 6) is -1.17. The molecule has 11 heteroatoms. The Kier molecular flexibility index (Phi) is 6.29. The van der Waals surface area contributed by atoms with Crippen LogP contribution in [0.1, 0.15) is 0 Å². The van der Waals surface area contributed by atoms with Gasteiger partial charge in [0.1, 0.15) is 11.4 Å². The molecule has 29 heavy (non-hydrogen) atoms. The number of amides is 1. The number of anilines is 2. The minimum Gasteiger partial charge on any atom is -0.466 e. The van der Waals surface area contributed by atoms with Crippen molar-refractivity contribution in [2.45, 2.75) is 0 Å². The van der Waals surface area contributed by atoms with Gasteiger partial charge < -0.3 is 29.7 Å². The van der Waals surface area contributed by atoms with E-state index in [4.69, 9.17) is 14.6 Å². The second-order valence-corrected chi connectivity index (χ2v) is 6.48. The molecule has 1 aromatic rings. The molecule has 0 spiro atoms. The first-order chi connectivity index (χ1) is 14.0. The van der Waals surface area contributed by atoms with Gasteiger partial charge in [-0.15, -0.1) is 0 Å². The molecule has 1 fully saturated rings. The molecular formula is C18H22N4O7. The maximum atomic E-state index is 12.6. The highest BCUT2D eigenvalue weighted by Crippen LogP contribution is 2.33. The summed E-state index contributed by atoms with van der Waals surface area (Å²) in [5.41, 5.74) is 0.731. The van der Waals surface area contributed by atoms with Gasteiger partial charge in [-0.3, -0.25) is 14.9 Å². The highest BCUT2D eigenvalue weighted by atomic mass is 16.6. The number of benzene rings is 1. The number of methoxy groups -OCH3 is 1. The fourth-order valence-electron chi connectivity index (χ4n) is 3.31. The number of nitrogens with one attached hydrogen (secondary N) is 1. The first kappa shape index (κ1) is 20.6. The molecule has 156 valence electrons. The van der Waals surface area contributed by atoms with Crippen LogP contribution in [0.2, 0.25) is 0 Å². The lowest BCUT2D eigenvalue weighted by atomic mass is 10.2. The number of carbonyl (C=O) groups is 2. The van der Waals surface area contributed by atoms with Crippen molar-refractivity contribution in [2.75, 3.05) is 63.3 Å². The third-order valence-corrected chi connectivity index (χ3v) is 4.75. The second-order valence-electron chi connectivity index (χ2n) is 6.48. The summed E-state index contributed by atoms with van der Waals surface area (Å²) < 4.78 is 10.0. The summed E-state index contributed by atoms with van der Waals surface area (Å²) in [6.07, 6.45) is 0. The van der Waals surface area contributed by atoms with Crippen LogP contribution in [0.3, 0.4) is 0 Å². The highest BCUT2D eigenvalue weighted by molar-refractivity contribution is 6.08. The topological polar surface area (TPSA) is 134 Å². The molecule has 1 amide bonds. The van der Waals surface area contributed by atoms with E-state index in [1.165, 1.54) is 18.1 Å². The Balaban J connectivity index is 1.91. The quantitative estimate of drug-likeness (QED) is 0.367. The molecular weight excluding hydrogens is 384 g/mol. The van der Waals surface area contributed by atoms with Crippen LogP contribution in [0.4, 0.5) is 17.1 Å². The molecule has 1 saturated heterocycles. The summed E-state index contributed by atoms with van der Waals surface area (Å²) >= 11 is 0. The van der Waals surface area contributed by atoms with E-state index < -0.39 is 16.8 Å². The van der Waals surface area contributed by atoms with Gasteiger partial charge in [-0.05, 0) is 12.1 Å². The number of nitrogens with zero attached hydrogens (tertiary/aromatic N) is 3. The summed E-state index contributed by atoms with van der Waals surface area (Å²) in [6, 6.07) is 4.55. The lowest BCUT2D eigenvalue weighted by Crippen LogP contribution is -2.36. The smallest absolute Gasteiger partial charge is 0.337 e. The lowest BCUT2D eigenvalue weighted by molar-refractivity contribution is -0.384. The van der Waals surface area contributed by atoms with Crippen molar-refractivity contribution in [3.8, 4) is 0 Å². The minimum absolute atomic E-state index is 0.0116.